The molecule has 0 bridgehead atoms. The van der Waals surface area contributed by atoms with Crippen LogP contribution in [0.4, 0.5) is 0 Å². The lowest BCUT2D eigenvalue weighted by atomic mass is 9.80. The number of benzene rings is 1. The van der Waals surface area contributed by atoms with Gasteiger partial charge >= 0.3 is 0 Å². The van der Waals surface area contributed by atoms with Gasteiger partial charge in [-0.05, 0) is 37.0 Å². The first-order valence-corrected chi connectivity index (χ1v) is 6.39. The summed E-state index contributed by atoms with van der Waals surface area (Å²) < 4.78 is 4.95. The maximum atomic E-state index is 12.2. The highest BCUT2D eigenvalue weighted by Gasteiger charge is 2.28. The number of amides is 1. The standard InChI is InChI=1S/C14H20N2O3/c1-16(8-9-5-11(15)6-9)14(18)10-3-4-13(19-2)12(17)7-10/h3-4,7,9,11,17H,5-6,8,15H2,1-2H3. The maximum Gasteiger partial charge on any atom is 0.253 e. The molecule has 5 heteroatoms. The molecule has 1 aromatic rings. The Morgan fingerprint density at radius 3 is 2.74 bits per heavy atom. The number of carbonyl (C=O) groups is 1. The molecule has 3 N–H and O–H groups in total. The van der Waals surface area contributed by atoms with Gasteiger partial charge < -0.3 is 20.5 Å². The van der Waals surface area contributed by atoms with Gasteiger partial charge in [0.15, 0.2) is 11.5 Å². The quantitative estimate of drug-likeness (QED) is 0.857. The zero-order valence-electron chi connectivity index (χ0n) is 11.3. The second kappa shape index (κ2) is 5.48. The molecule has 0 aromatic heterocycles. The van der Waals surface area contributed by atoms with Crippen LogP contribution in [0.3, 0.4) is 0 Å². The van der Waals surface area contributed by atoms with Gasteiger partial charge in [-0.15, -0.1) is 0 Å². The van der Waals surface area contributed by atoms with Crippen LogP contribution in [0.5, 0.6) is 11.5 Å². The van der Waals surface area contributed by atoms with Crippen LogP contribution in [-0.4, -0.2) is 42.7 Å². The summed E-state index contributed by atoms with van der Waals surface area (Å²) in [7, 11) is 3.25. The molecule has 1 saturated carbocycles. The number of aromatic hydroxyl groups is 1. The number of nitrogens with two attached hydrogens (primary N) is 1. The number of phenolic OH excluding ortho intramolecular Hbond substituents is 1. The van der Waals surface area contributed by atoms with Crippen LogP contribution in [0.25, 0.3) is 0 Å². The van der Waals surface area contributed by atoms with E-state index >= 15 is 0 Å². The van der Waals surface area contributed by atoms with E-state index in [1.807, 2.05) is 0 Å². The van der Waals surface area contributed by atoms with Gasteiger partial charge in [0.25, 0.3) is 5.91 Å². The van der Waals surface area contributed by atoms with Gasteiger partial charge in [0, 0.05) is 25.2 Å². The van der Waals surface area contributed by atoms with Gasteiger partial charge in [-0.2, -0.15) is 0 Å². The molecule has 1 aromatic carbocycles. The fourth-order valence-electron chi connectivity index (χ4n) is 2.45. The molecule has 0 saturated heterocycles. The second-order valence-corrected chi connectivity index (χ2v) is 5.17. The highest BCUT2D eigenvalue weighted by molar-refractivity contribution is 5.94. The number of rotatable bonds is 4. The average Bonchev–Trinajstić information content (AvgIpc) is 2.35. The van der Waals surface area contributed by atoms with Crippen molar-refractivity contribution in [3.05, 3.63) is 23.8 Å². The Hall–Kier alpha value is -1.75. The van der Waals surface area contributed by atoms with E-state index in [0.717, 1.165) is 12.8 Å². The normalized spacial score (nSPS) is 21.6. The number of carbonyl (C=O) groups excluding carboxylic acids is 1. The molecule has 1 amide bonds. The Balaban J connectivity index is 2.00. The maximum absolute atomic E-state index is 12.2. The molecule has 104 valence electrons. The third kappa shape index (κ3) is 2.98. The van der Waals surface area contributed by atoms with Gasteiger partial charge in [-0.1, -0.05) is 0 Å². The molecule has 0 radical (unpaired) electrons. The van der Waals surface area contributed by atoms with Crippen molar-refractivity contribution in [2.75, 3.05) is 20.7 Å². The molecule has 19 heavy (non-hydrogen) atoms. The van der Waals surface area contributed by atoms with E-state index in [-0.39, 0.29) is 11.7 Å². The zero-order chi connectivity index (χ0) is 14.0. The highest BCUT2D eigenvalue weighted by atomic mass is 16.5. The van der Waals surface area contributed by atoms with Gasteiger partial charge in [-0.25, -0.2) is 0 Å². The third-order valence-electron chi connectivity index (χ3n) is 3.58. The molecule has 0 spiro atoms. The van der Waals surface area contributed by atoms with Crippen molar-refractivity contribution in [1.29, 1.82) is 0 Å². The van der Waals surface area contributed by atoms with E-state index in [9.17, 15) is 9.90 Å². The SMILES string of the molecule is COc1ccc(C(=O)N(C)CC2CC(N)C2)cc1O. The summed E-state index contributed by atoms with van der Waals surface area (Å²) in [6.45, 7) is 0.708. The lowest BCUT2D eigenvalue weighted by Crippen LogP contribution is -2.43. The molecule has 1 aliphatic rings. The van der Waals surface area contributed by atoms with Crippen LogP contribution in [0.15, 0.2) is 18.2 Å². The van der Waals surface area contributed by atoms with Crippen LogP contribution >= 0.6 is 0 Å². The van der Waals surface area contributed by atoms with E-state index in [1.54, 1.807) is 24.1 Å². The van der Waals surface area contributed by atoms with E-state index in [2.05, 4.69) is 0 Å². The fraction of sp³-hybridized carbons (Fsp3) is 0.500. The third-order valence-corrected chi connectivity index (χ3v) is 3.58. The second-order valence-electron chi connectivity index (χ2n) is 5.17. The van der Waals surface area contributed by atoms with Crippen LogP contribution < -0.4 is 10.5 Å². The summed E-state index contributed by atoms with van der Waals surface area (Å²) in [6, 6.07) is 4.97. The van der Waals surface area contributed by atoms with Crippen LogP contribution in [0.1, 0.15) is 23.2 Å². The molecule has 5 nitrogen and oxygen atoms in total. The van der Waals surface area contributed by atoms with Gasteiger partial charge in [0.1, 0.15) is 0 Å². The number of nitrogens with zero attached hydrogens (tertiary/aromatic N) is 1. The Kier molecular flexibility index (Phi) is 3.95. The number of hydrogen-bond donors (Lipinski definition) is 2. The Bertz CT molecular complexity index is 470. The Morgan fingerprint density at radius 2 is 2.21 bits per heavy atom. The van der Waals surface area contributed by atoms with Crippen molar-refractivity contribution in [2.24, 2.45) is 11.7 Å². The first-order chi connectivity index (χ1) is 9.01. The summed E-state index contributed by atoms with van der Waals surface area (Å²) in [4.78, 5) is 13.9. The lowest BCUT2D eigenvalue weighted by molar-refractivity contribution is 0.0733. The minimum absolute atomic E-state index is 0.0209. The topological polar surface area (TPSA) is 75.8 Å². The molecule has 2 rings (SSSR count). The number of ether oxygens (including phenoxy) is 1. The lowest BCUT2D eigenvalue weighted by Gasteiger charge is -2.35. The first-order valence-electron chi connectivity index (χ1n) is 6.39. The molecule has 1 aliphatic carbocycles. The Labute approximate surface area is 113 Å². The molecular weight excluding hydrogens is 244 g/mol. The fourth-order valence-corrected chi connectivity index (χ4v) is 2.45. The first kappa shape index (κ1) is 13.7. The van der Waals surface area contributed by atoms with E-state index in [0.29, 0.717) is 29.8 Å². The minimum Gasteiger partial charge on any atom is -0.504 e. The van der Waals surface area contributed by atoms with Crippen LogP contribution in [0.2, 0.25) is 0 Å². The molecular formula is C14H20N2O3. The molecule has 0 unspecified atom stereocenters. The smallest absolute Gasteiger partial charge is 0.253 e. The van der Waals surface area contributed by atoms with Crippen molar-refractivity contribution in [3.8, 4) is 11.5 Å². The minimum atomic E-state index is -0.0987. The van der Waals surface area contributed by atoms with Crippen molar-refractivity contribution < 1.29 is 14.6 Å². The zero-order valence-corrected chi connectivity index (χ0v) is 11.3. The van der Waals surface area contributed by atoms with Crippen LogP contribution in [0, 0.1) is 5.92 Å². The van der Waals surface area contributed by atoms with Crippen molar-refractivity contribution >= 4 is 5.91 Å². The van der Waals surface area contributed by atoms with Gasteiger partial charge in [0.2, 0.25) is 0 Å². The van der Waals surface area contributed by atoms with E-state index < -0.39 is 0 Å². The van der Waals surface area contributed by atoms with Crippen molar-refractivity contribution in [2.45, 2.75) is 18.9 Å². The van der Waals surface area contributed by atoms with Crippen LogP contribution in [-0.2, 0) is 0 Å². The Morgan fingerprint density at radius 1 is 1.53 bits per heavy atom. The largest absolute Gasteiger partial charge is 0.504 e. The predicted octanol–water partition coefficient (Wildman–Crippen LogP) is 1.21. The van der Waals surface area contributed by atoms with E-state index in [4.69, 9.17) is 10.5 Å². The summed E-state index contributed by atoms with van der Waals surface area (Å²) in [5, 5.41) is 9.68. The number of hydrogen-bond acceptors (Lipinski definition) is 4. The average molecular weight is 264 g/mol. The number of phenols is 1. The predicted molar refractivity (Wildman–Crippen MR) is 72.3 cm³/mol. The highest BCUT2D eigenvalue weighted by Crippen LogP contribution is 2.28. The molecule has 0 heterocycles. The van der Waals surface area contributed by atoms with E-state index in [1.165, 1.54) is 13.2 Å². The van der Waals surface area contributed by atoms with Crippen molar-refractivity contribution in [1.82, 2.24) is 4.90 Å². The summed E-state index contributed by atoms with van der Waals surface area (Å²) >= 11 is 0. The summed E-state index contributed by atoms with van der Waals surface area (Å²) in [5.41, 5.74) is 6.20. The molecule has 0 aliphatic heterocycles. The summed E-state index contributed by atoms with van der Waals surface area (Å²) in [6.07, 6.45) is 1.96. The van der Waals surface area contributed by atoms with Gasteiger partial charge in [-0.3, -0.25) is 4.79 Å². The van der Waals surface area contributed by atoms with Gasteiger partial charge in [0.05, 0.1) is 7.11 Å². The van der Waals surface area contributed by atoms with Crippen molar-refractivity contribution in [3.63, 3.8) is 0 Å². The molecule has 0 atom stereocenters. The molecule has 1 fully saturated rings. The number of methoxy groups -OCH3 is 1. The monoisotopic (exact) mass is 264 g/mol. The summed E-state index contributed by atoms with van der Waals surface area (Å²) in [5.74, 6) is 0.741.